The maximum Gasteiger partial charge on any atom is 0.290 e. The highest BCUT2D eigenvalue weighted by Crippen LogP contribution is 2.43. The predicted molar refractivity (Wildman–Crippen MR) is 207 cm³/mol. The Morgan fingerprint density at radius 2 is 1.58 bits per heavy atom. The molecular weight excluding hydrogens is 699 g/mol. The second-order valence-electron chi connectivity index (χ2n) is 16.8. The van der Waals surface area contributed by atoms with Crippen LogP contribution in [-0.4, -0.2) is 80.9 Å². The van der Waals surface area contributed by atoms with Gasteiger partial charge in [-0.15, -0.1) is 0 Å². The molecule has 3 fully saturated rings. The zero-order chi connectivity index (χ0) is 39.7. The van der Waals surface area contributed by atoms with E-state index in [-0.39, 0.29) is 35.8 Å². The SMILES string of the molecule is CCC[C@H](NC(=O)[C@@H]1[C@H]2CCC[C@H]2CN1C(=O)[C@H](NC(=O)[C@H](CC1CCCCC1)NC(=O)c1cnccn1)C(C)(C)C)C(=O)C(=O)N[C@@H](C)c1ccccc1. The number of likely N-dealkylation sites (tertiary alicyclic amines) is 1. The molecule has 4 N–H and O–H groups in total. The standard InChI is InChI=1S/C42H59N7O6/c1-6-14-31(35(50)40(54)45-26(2)28-17-11-8-12-18-28)46-39(53)34-30-20-13-19-29(30)25-49(34)41(55)36(42(3,4)5)48-37(51)32(23-27-15-9-7-10-16-27)47-38(52)33-24-43-21-22-44-33/h8,11-12,17-18,21-22,24,26-27,29-32,34,36H,6-7,9-10,13-16,19-20,23,25H2,1-5H3,(H,45,54)(H,46,53)(H,47,52)(H,48,51)/t26-,29-,30-,31-,32-,34-,36-/m0/s1. The number of ketones is 1. The van der Waals surface area contributed by atoms with E-state index in [2.05, 4.69) is 31.2 Å². The van der Waals surface area contributed by atoms with Crippen molar-refractivity contribution in [1.82, 2.24) is 36.1 Å². The summed E-state index contributed by atoms with van der Waals surface area (Å²) in [6.07, 6.45) is 13.2. The van der Waals surface area contributed by atoms with Gasteiger partial charge in [-0.2, -0.15) is 0 Å². The van der Waals surface area contributed by atoms with E-state index in [0.29, 0.717) is 19.4 Å². The molecule has 55 heavy (non-hydrogen) atoms. The van der Waals surface area contributed by atoms with Crippen LogP contribution < -0.4 is 21.3 Å². The van der Waals surface area contributed by atoms with Gasteiger partial charge in [0.15, 0.2) is 0 Å². The molecule has 0 spiro atoms. The molecule has 298 valence electrons. The molecule has 1 aromatic carbocycles. The largest absolute Gasteiger partial charge is 0.344 e. The third kappa shape index (κ3) is 10.5. The fourth-order valence-electron chi connectivity index (χ4n) is 8.63. The quantitative estimate of drug-likeness (QED) is 0.193. The first-order valence-electron chi connectivity index (χ1n) is 20.2. The minimum Gasteiger partial charge on any atom is -0.344 e. The van der Waals surface area contributed by atoms with Gasteiger partial charge in [0.1, 0.15) is 23.8 Å². The van der Waals surface area contributed by atoms with Gasteiger partial charge in [-0.25, -0.2) is 4.98 Å². The average molecular weight is 758 g/mol. The number of carbonyl (C=O) groups excluding carboxylic acids is 6. The Morgan fingerprint density at radius 3 is 2.24 bits per heavy atom. The molecular formula is C42H59N7O6. The van der Waals surface area contributed by atoms with Crippen LogP contribution in [0.15, 0.2) is 48.9 Å². The Labute approximate surface area is 325 Å². The Morgan fingerprint density at radius 1 is 0.855 bits per heavy atom. The van der Waals surface area contributed by atoms with Gasteiger partial charge in [-0.3, -0.25) is 33.8 Å². The fourth-order valence-corrected chi connectivity index (χ4v) is 8.63. The smallest absolute Gasteiger partial charge is 0.290 e. The molecule has 5 rings (SSSR count). The maximum absolute atomic E-state index is 14.7. The third-order valence-electron chi connectivity index (χ3n) is 11.6. The van der Waals surface area contributed by atoms with E-state index in [1.165, 1.54) is 18.6 Å². The molecule has 1 saturated heterocycles. The van der Waals surface area contributed by atoms with Crippen molar-refractivity contribution < 1.29 is 28.8 Å². The molecule has 2 heterocycles. The molecule has 13 heteroatoms. The third-order valence-corrected chi connectivity index (χ3v) is 11.6. The van der Waals surface area contributed by atoms with Gasteiger partial charge in [-0.1, -0.05) is 103 Å². The first kappa shape index (κ1) is 41.5. The number of nitrogens with zero attached hydrogens (tertiary/aromatic N) is 3. The summed E-state index contributed by atoms with van der Waals surface area (Å²) in [6.45, 7) is 9.61. The van der Waals surface area contributed by atoms with Gasteiger partial charge in [0, 0.05) is 18.9 Å². The number of fused-ring (bicyclic) bond motifs is 1. The maximum atomic E-state index is 14.7. The van der Waals surface area contributed by atoms with Crippen LogP contribution in [0.4, 0.5) is 0 Å². The first-order valence-corrected chi connectivity index (χ1v) is 20.2. The molecule has 3 aliphatic rings. The molecule has 2 saturated carbocycles. The van der Waals surface area contributed by atoms with Crippen LogP contribution >= 0.6 is 0 Å². The minimum absolute atomic E-state index is 0.0906. The highest BCUT2D eigenvalue weighted by atomic mass is 16.2. The number of amides is 5. The van der Waals surface area contributed by atoms with Crippen LogP contribution in [0.3, 0.4) is 0 Å². The van der Waals surface area contributed by atoms with Crippen molar-refractivity contribution in [3.63, 3.8) is 0 Å². The van der Waals surface area contributed by atoms with Gasteiger partial charge < -0.3 is 26.2 Å². The number of nitrogens with one attached hydrogen (secondary N) is 4. The van der Waals surface area contributed by atoms with Crippen molar-refractivity contribution in [3.8, 4) is 0 Å². The number of benzene rings is 1. The summed E-state index contributed by atoms with van der Waals surface area (Å²) < 4.78 is 0. The lowest BCUT2D eigenvalue weighted by molar-refractivity contribution is -0.146. The van der Waals surface area contributed by atoms with Gasteiger partial charge in [0.25, 0.3) is 11.8 Å². The number of hydrogen-bond donors (Lipinski definition) is 4. The highest BCUT2D eigenvalue weighted by Gasteiger charge is 2.52. The van der Waals surface area contributed by atoms with Crippen molar-refractivity contribution in [2.24, 2.45) is 23.2 Å². The summed E-state index contributed by atoms with van der Waals surface area (Å²) in [5.41, 5.74) is 0.179. The normalized spacial score (nSPS) is 22.1. The minimum atomic E-state index is -1.06. The van der Waals surface area contributed by atoms with Crippen molar-refractivity contribution in [2.75, 3.05) is 6.54 Å². The Hall–Kier alpha value is -4.68. The highest BCUT2D eigenvalue weighted by molar-refractivity contribution is 6.38. The summed E-state index contributed by atoms with van der Waals surface area (Å²) >= 11 is 0. The molecule has 2 aliphatic carbocycles. The van der Waals surface area contributed by atoms with E-state index in [0.717, 1.165) is 56.9 Å². The molecule has 0 radical (unpaired) electrons. The van der Waals surface area contributed by atoms with Gasteiger partial charge in [-0.05, 0) is 61.3 Å². The molecule has 5 amide bonds. The number of rotatable bonds is 15. The van der Waals surface area contributed by atoms with Gasteiger partial charge >= 0.3 is 0 Å². The molecule has 1 aromatic heterocycles. The van der Waals surface area contributed by atoms with Gasteiger partial charge in [0.05, 0.1) is 18.3 Å². The summed E-state index contributed by atoms with van der Waals surface area (Å²) in [6, 6.07) is 5.05. The van der Waals surface area contributed by atoms with Crippen LogP contribution in [0.25, 0.3) is 0 Å². The second-order valence-corrected chi connectivity index (χ2v) is 16.8. The van der Waals surface area contributed by atoms with Crippen molar-refractivity contribution in [1.29, 1.82) is 0 Å². The van der Waals surface area contributed by atoms with Crippen LogP contribution in [0.2, 0.25) is 0 Å². The van der Waals surface area contributed by atoms with Crippen LogP contribution in [-0.2, 0) is 24.0 Å². The van der Waals surface area contributed by atoms with Crippen LogP contribution in [0.1, 0.15) is 127 Å². The van der Waals surface area contributed by atoms with Crippen molar-refractivity contribution >= 4 is 35.3 Å². The lowest BCUT2D eigenvalue weighted by Gasteiger charge is -2.37. The molecule has 7 atom stereocenters. The first-order chi connectivity index (χ1) is 26.3. The molecule has 1 aliphatic heterocycles. The van der Waals surface area contributed by atoms with E-state index in [9.17, 15) is 28.8 Å². The Kier molecular flexibility index (Phi) is 14.2. The van der Waals surface area contributed by atoms with E-state index >= 15 is 0 Å². The number of carbonyl (C=O) groups is 6. The summed E-state index contributed by atoms with van der Waals surface area (Å²) in [5, 5.41) is 11.5. The topological polar surface area (TPSA) is 180 Å². The van der Waals surface area contributed by atoms with E-state index < -0.39 is 65.0 Å². The zero-order valence-electron chi connectivity index (χ0n) is 33.0. The van der Waals surface area contributed by atoms with Crippen molar-refractivity contribution in [3.05, 3.63) is 60.2 Å². The summed E-state index contributed by atoms with van der Waals surface area (Å²) in [5.74, 6) is -3.15. The van der Waals surface area contributed by atoms with E-state index in [1.54, 1.807) is 11.8 Å². The molecule has 0 unspecified atom stereocenters. The molecule has 0 bridgehead atoms. The summed E-state index contributed by atoms with van der Waals surface area (Å²) in [4.78, 5) is 92.9. The number of Topliss-reactive ketones (excluding diaryl/α,β-unsaturated/α-hetero) is 1. The lowest BCUT2D eigenvalue weighted by Crippen LogP contribution is -2.61. The monoisotopic (exact) mass is 757 g/mol. The van der Waals surface area contributed by atoms with E-state index in [1.807, 2.05) is 58.0 Å². The number of hydrogen-bond acceptors (Lipinski definition) is 8. The Balaban J connectivity index is 1.34. The molecule has 2 aromatic rings. The predicted octanol–water partition coefficient (Wildman–Crippen LogP) is 4.43. The molecule has 13 nitrogen and oxygen atoms in total. The lowest BCUT2D eigenvalue weighted by atomic mass is 9.83. The number of aromatic nitrogens is 2. The fraction of sp³-hybridized carbons (Fsp3) is 0.619. The average Bonchev–Trinajstić information content (AvgIpc) is 3.78. The summed E-state index contributed by atoms with van der Waals surface area (Å²) in [7, 11) is 0. The van der Waals surface area contributed by atoms with Crippen LogP contribution in [0.5, 0.6) is 0 Å². The Bertz CT molecular complexity index is 1660. The van der Waals surface area contributed by atoms with Gasteiger partial charge in [0.2, 0.25) is 23.5 Å². The zero-order valence-corrected chi connectivity index (χ0v) is 33.0. The van der Waals surface area contributed by atoms with Crippen LogP contribution in [0, 0.1) is 23.2 Å². The van der Waals surface area contributed by atoms with Crippen molar-refractivity contribution in [2.45, 2.75) is 135 Å². The second kappa shape index (κ2) is 18.8. The van der Waals surface area contributed by atoms with E-state index in [4.69, 9.17) is 0 Å².